The first kappa shape index (κ1) is 9.66. The van der Waals surface area contributed by atoms with Crippen LogP contribution in [0.4, 0.5) is 8.78 Å². The number of rotatable bonds is 0. The molecule has 0 heterocycles. The van der Waals surface area contributed by atoms with Crippen LogP contribution >= 0.6 is 0 Å². The minimum atomic E-state index is 1.08. The molecule has 0 aliphatic carbocycles. The fourth-order valence-corrected chi connectivity index (χ4v) is 0.235. The first-order chi connectivity index (χ1) is 5.91. The van der Waals surface area contributed by atoms with Crippen molar-refractivity contribution in [3.05, 3.63) is 0 Å². The smallest absolute Gasteiger partial charge is 0.119 e. The second-order valence-electron chi connectivity index (χ2n) is 1.19. The maximum absolute atomic E-state index is 11.1. The summed E-state index contributed by atoms with van der Waals surface area (Å²) < 4.78 is 22.1. The molecular weight excluding hydrogens is 158 g/mol. The summed E-state index contributed by atoms with van der Waals surface area (Å²) in [5.41, 5.74) is 0. The van der Waals surface area contributed by atoms with Crippen LogP contribution in [0, 0.1) is 59.7 Å². The van der Waals surface area contributed by atoms with E-state index in [2.05, 4.69) is 35.5 Å². The average Bonchev–Trinajstić information content (AvgIpc) is 2.10. The van der Waals surface area contributed by atoms with Crippen molar-refractivity contribution in [1.82, 2.24) is 0 Å². The first-order valence-electron chi connectivity index (χ1n) is 2.63. The largest absolute Gasteiger partial charge is 0.143 e. The fourth-order valence-electron chi connectivity index (χ4n) is 0.235. The molecule has 0 radical (unpaired) electrons. The van der Waals surface area contributed by atoms with E-state index in [0.29, 0.717) is 0 Å². The highest BCUT2D eigenvalue weighted by atomic mass is 19.1. The Labute approximate surface area is 69.4 Å². The third-order valence-corrected chi connectivity index (χ3v) is 0.532. The van der Waals surface area contributed by atoms with Crippen LogP contribution in [0.25, 0.3) is 0 Å². The fraction of sp³-hybridized carbons (Fsp3) is 0. The molecule has 0 aliphatic rings. The van der Waals surface area contributed by atoms with Gasteiger partial charge in [0.2, 0.25) is 0 Å². The molecule has 2 heteroatoms. The minimum Gasteiger partial charge on any atom is -0.143 e. The van der Waals surface area contributed by atoms with Crippen molar-refractivity contribution in [3.63, 3.8) is 0 Å². The molecule has 0 fully saturated rings. The van der Waals surface area contributed by atoms with Gasteiger partial charge in [0.15, 0.2) is 0 Å². The summed E-state index contributed by atoms with van der Waals surface area (Å²) >= 11 is 0. The standard InChI is InChI=1S/C10F2/c11-9-7-5-3-1-2-4-6-8-10-12. The molecule has 0 saturated heterocycles. The van der Waals surface area contributed by atoms with Gasteiger partial charge < -0.3 is 0 Å². The Hall–Kier alpha value is -2.34. The van der Waals surface area contributed by atoms with Crippen LogP contribution in [0.1, 0.15) is 0 Å². The van der Waals surface area contributed by atoms with Crippen LogP contribution in [0.3, 0.4) is 0 Å². The van der Waals surface area contributed by atoms with Gasteiger partial charge in [-0.25, -0.2) is 0 Å². The van der Waals surface area contributed by atoms with Crippen molar-refractivity contribution >= 4 is 0 Å². The molecule has 0 atom stereocenters. The highest BCUT2D eigenvalue weighted by molar-refractivity contribution is 5.41. The molecular formula is C10F2. The Balaban J connectivity index is 4.07. The quantitative estimate of drug-likeness (QED) is 0.458. The molecule has 0 unspecified atom stereocenters. The second-order valence-corrected chi connectivity index (χ2v) is 1.19. The van der Waals surface area contributed by atoms with Crippen molar-refractivity contribution in [2.24, 2.45) is 0 Å². The Morgan fingerprint density at radius 2 is 0.667 bits per heavy atom. The SMILES string of the molecule is FC#CC#CC#CC#CC#CF. The lowest BCUT2D eigenvalue weighted by Gasteiger charge is -1.53. The zero-order chi connectivity index (χ0) is 9.07. The predicted molar refractivity (Wildman–Crippen MR) is 41.1 cm³/mol. The van der Waals surface area contributed by atoms with E-state index in [0.717, 1.165) is 12.3 Å². The van der Waals surface area contributed by atoms with Gasteiger partial charge in [0.25, 0.3) is 0 Å². The number of halogens is 2. The molecule has 54 valence electrons. The Morgan fingerprint density at radius 1 is 0.417 bits per heavy atom. The van der Waals surface area contributed by atoms with Gasteiger partial charge >= 0.3 is 0 Å². The summed E-state index contributed by atoms with van der Waals surface area (Å²) in [6.45, 7) is 0. The summed E-state index contributed by atoms with van der Waals surface area (Å²) in [6.07, 6.45) is 2.16. The zero-order valence-corrected chi connectivity index (χ0v) is 5.76. The Morgan fingerprint density at radius 3 is 0.917 bits per heavy atom. The van der Waals surface area contributed by atoms with Gasteiger partial charge in [-0.15, -0.1) is 8.78 Å². The maximum Gasteiger partial charge on any atom is 0.119 e. The van der Waals surface area contributed by atoms with E-state index in [4.69, 9.17) is 0 Å². The van der Waals surface area contributed by atoms with Gasteiger partial charge in [0, 0.05) is 47.4 Å². The van der Waals surface area contributed by atoms with E-state index in [-0.39, 0.29) is 0 Å². The lowest BCUT2D eigenvalue weighted by Crippen LogP contribution is -1.53. The van der Waals surface area contributed by atoms with Gasteiger partial charge in [-0.05, 0) is 0 Å². The lowest BCUT2D eigenvalue weighted by molar-refractivity contribution is 0.774. The Bertz CT molecular complexity index is 389. The van der Waals surface area contributed by atoms with Crippen molar-refractivity contribution in [2.75, 3.05) is 0 Å². The third kappa shape index (κ3) is 7.66. The molecule has 0 aromatic heterocycles. The third-order valence-electron chi connectivity index (χ3n) is 0.532. The van der Waals surface area contributed by atoms with Crippen LogP contribution < -0.4 is 0 Å². The van der Waals surface area contributed by atoms with E-state index < -0.39 is 0 Å². The van der Waals surface area contributed by atoms with Crippen LogP contribution in [0.15, 0.2) is 0 Å². The maximum atomic E-state index is 11.1. The molecule has 0 aromatic carbocycles. The lowest BCUT2D eigenvalue weighted by atomic mass is 10.5. The first-order valence-corrected chi connectivity index (χ1v) is 2.63. The van der Waals surface area contributed by atoms with Gasteiger partial charge in [-0.3, -0.25) is 0 Å². The molecule has 0 bridgehead atoms. The summed E-state index contributed by atoms with van der Waals surface area (Å²) in [5, 5.41) is 0. The van der Waals surface area contributed by atoms with Gasteiger partial charge in [-0.1, -0.05) is 0 Å². The average molecular weight is 158 g/mol. The minimum absolute atomic E-state index is 1.08. The summed E-state index contributed by atoms with van der Waals surface area (Å²) in [7, 11) is 0. The van der Waals surface area contributed by atoms with Gasteiger partial charge in [0.05, 0.1) is 0 Å². The molecule has 0 spiro atoms. The van der Waals surface area contributed by atoms with Gasteiger partial charge in [-0.2, -0.15) is 0 Å². The van der Waals surface area contributed by atoms with Gasteiger partial charge in [0.1, 0.15) is 12.3 Å². The topological polar surface area (TPSA) is 0 Å². The van der Waals surface area contributed by atoms with E-state index >= 15 is 0 Å². The van der Waals surface area contributed by atoms with Crippen molar-refractivity contribution in [3.8, 4) is 59.7 Å². The summed E-state index contributed by atoms with van der Waals surface area (Å²) in [5.74, 6) is 16.7. The Kier molecular flexibility index (Phi) is 6.97. The van der Waals surface area contributed by atoms with E-state index in [1.54, 1.807) is 0 Å². The van der Waals surface area contributed by atoms with Crippen LogP contribution in [0.2, 0.25) is 0 Å². The van der Waals surface area contributed by atoms with Crippen LogP contribution in [-0.2, 0) is 0 Å². The van der Waals surface area contributed by atoms with E-state index in [1.165, 1.54) is 0 Å². The summed E-state index contributed by atoms with van der Waals surface area (Å²) in [6, 6.07) is 0. The molecule has 0 aliphatic heterocycles. The zero-order valence-electron chi connectivity index (χ0n) is 5.76. The van der Waals surface area contributed by atoms with Crippen LogP contribution in [-0.4, -0.2) is 0 Å². The van der Waals surface area contributed by atoms with Crippen molar-refractivity contribution < 1.29 is 8.78 Å². The van der Waals surface area contributed by atoms with E-state index in [9.17, 15) is 8.78 Å². The highest BCUT2D eigenvalue weighted by Gasteiger charge is 1.55. The molecule has 0 aromatic rings. The number of hydrogen-bond donors (Lipinski definition) is 0. The highest BCUT2D eigenvalue weighted by Crippen LogP contribution is 1.57. The van der Waals surface area contributed by atoms with Crippen molar-refractivity contribution in [2.45, 2.75) is 0 Å². The molecule has 0 N–H and O–H groups in total. The molecule has 0 saturated carbocycles. The molecule has 0 rings (SSSR count). The predicted octanol–water partition coefficient (Wildman–Crippen LogP) is 0.857. The van der Waals surface area contributed by atoms with E-state index in [1.807, 2.05) is 11.8 Å². The number of hydrogen-bond acceptors (Lipinski definition) is 0. The normalized spacial score (nSPS) is 3.83. The monoisotopic (exact) mass is 158 g/mol. The molecule has 12 heavy (non-hydrogen) atoms. The molecule has 0 nitrogen and oxygen atoms in total. The molecule has 0 amide bonds. The van der Waals surface area contributed by atoms with Crippen molar-refractivity contribution in [1.29, 1.82) is 0 Å². The second kappa shape index (κ2) is 8.66. The van der Waals surface area contributed by atoms with Crippen LogP contribution in [0.5, 0.6) is 0 Å². The summed E-state index contributed by atoms with van der Waals surface area (Å²) in [4.78, 5) is 0.